The molecule has 4 heterocycles. The highest BCUT2D eigenvalue weighted by atomic mass is 31.3. The Balaban J connectivity index is 1.93. The van der Waals surface area contributed by atoms with Gasteiger partial charge in [-0.3, -0.25) is 0 Å². The SMILES string of the molecule is C1=CNP2(=NP3(=NP4(=N2)NC=CN4)CC=CN3)C1. The lowest BCUT2D eigenvalue weighted by Crippen LogP contribution is -2.11. The first-order valence-corrected chi connectivity index (χ1v) is 11.2. The Labute approximate surface area is 106 Å². The van der Waals surface area contributed by atoms with Gasteiger partial charge in [-0.1, -0.05) is 12.2 Å². The second kappa shape index (κ2) is 3.57. The molecule has 4 rings (SSSR count). The zero-order valence-electron chi connectivity index (χ0n) is 9.56. The van der Waals surface area contributed by atoms with Gasteiger partial charge in [0.1, 0.15) is 0 Å². The molecule has 4 N–H and O–H groups in total. The lowest BCUT2D eigenvalue weighted by molar-refractivity contribution is 1.27. The molecule has 3 spiro atoms. The standard InChI is InChI=1S/C8H14N7P3/c1-3-9-16(7-1)13-17(8-2-4-10-17)15-18(14-16)11-5-6-12-18/h1-6,9-12H,7-8H2. The highest BCUT2D eigenvalue weighted by Crippen LogP contribution is 2.75. The zero-order valence-corrected chi connectivity index (χ0v) is 12.2. The summed E-state index contributed by atoms with van der Waals surface area (Å²) >= 11 is 0. The van der Waals surface area contributed by atoms with E-state index in [1.54, 1.807) is 0 Å². The molecule has 0 aromatic heterocycles. The van der Waals surface area contributed by atoms with Crippen LogP contribution in [0.2, 0.25) is 0 Å². The minimum Gasteiger partial charge on any atom is -0.341 e. The lowest BCUT2D eigenvalue weighted by Gasteiger charge is -2.31. The van der Waals surface area contributed by atoms with Gasteiger partial charge < -0.3 is 20.3 Å². The van der Waals surface area contributed by atoms with Crippen LogP contribution in [0.25, 0.3) is 0 Å². The second-order valence-electron chi connectivity index (χ2n) is 4.35. The fourth-order valence-electron chi connectivity index (χ4n) is 2.25. The Morgan fingerprint density at radius 2 is 1.28 bits per heavy atom. The normalized spacial score (nSPS) is 40.9. The Kier molecular flexibility index (Phi) is 2.18. The molecule has 0 amide bonds. The molecule has 4 aliphatic heterocycles. The van der Waals surface area contributed by atoms with E-state index in [0.29, 0.717) is 0 Å². The van der Waals surface area contributed by atoms with E-state index >= 15 is 0 Å². The van der Waals surface area contributed by atoms with Crippen LogP contribution in [0.4, 0.5) is 0 Å². The first-order chi connectivity index (χ1) is 8.74. The van der Waals surface area contributed by atoms with Crippen molar-refractivity contribution in [1.82, 2.24) is 20.3 Å². The molecule has 2 unspecified atom stereocenters. The van der Waals surface area contributed by atoms with Gasteiger partial charge in [-0.15, -0.1) is 0 Å². The predicted octanol–water partition coefficient (Wildman–Crippen LogP) is 2.91. The largest absolute Gasteiger partial charge is 0.341 e. The summed E-state index contributed by atoms with van der Waals surface area (Å²) in [4.78, 5) is 0. The summed E-state index contributed by atoms with van der Waals surface area (Å²) in [5, 5.41) is 13.4. The summed E-state index contributed by atoms with van der Waals surface area (Å²) in [5.41, 5.74) is 0. The quantitative estimate of drug-likeness (QED) is 0.518. The van der Waals surface area contributed by atoms with Crippen LogP contribution >= 0.6 is 22.2 Å². The van der Waals surface area contributed by atoms with Crippen molar-refractivity contribution in [3.05, 3.63) is 37.0 Å². The first kappa shape index (κ1) is 11.0. The van der Waals surface area contributed by atoms with E-state index in [4.69, 9.17) is 13.5 Å². The molecule has 0 aliphatic carbocycles. The van der Waals surface area contributed by atoms with Crippen LogP contribution in [-0.2, 0) is 0 Å². The number of hydrogen-bond acceptors (Lipinski definition) is 7. The molecule has 2 atom stereocenters. The van der Waals surface area contributed by atoms with Crippen LogP contribution in [0.3, 0.4) is 0 Å². The van der Waals surface area contributed by atoms with Gasteiger partial charge in [0.25, 0.3) is 7.51 Å². The van der Waals surface area contributed by atoms with Crippen molar-refractivity contribution >= 4 is 22.2 Å². The maximum atomic E-state index is 5.02. The average Bonchev–Trinajstić information content (AvgIpc) is 3.03. The molecule has 96 valence electrons. The van der Waals surface area contributed by atoms with E-state index in [-0.39, 0.29) is 0 Å². The molecule has 4 aliphatic rings. The van der Waals surface area contributed by atoms with Gasteiger partial charge >= 0.3 is 0 Å². The highest BCUT2D eigenvalue weighted by Gasteiger charge is 2.38. The summed E-state index contributed by atoms with van der Waals surface area (Å²) in [6.07, 6.45) is 13.8. The van der Waals surface area contributed by atoms with E-state index in [2.05, 4.69) is 32.5 Å². The van der Waals surface area contributed by atoms with Crippen LogP contribution in [0.1, 0.15) is 0 Å². The minimum absolute atomic E-state index is 0.900. The summed E-state index contributed by atoms with van der Waals surface area (Å²) in [6.45, 7) is 0. The van der Waals surface area contributed by atoms with Gasteiger partial charge in [-0.05, 0) is 12.4 Å². The molecule has 7 nitrogen and oxygen atoms in total. The van der Waals surface area contributed by atoms with Gasteiger partial charge in [0, 0.05) is 24.7 Å². The number of hydrogen-bond donors (Lipinski definition) is 4. The molecular weight excluding hydrogens is 287 g/mol. The molecule has 0 aromatic carbocycles. The van der Waals surface area contributed by atoms with Crippen LogP contribution in [0, 0.1) is 0 Å². The maximum absolute atomic E-state index is 5.02. The molecule has 0 fully saturated rings. The predicted molar refractivity (Wildman–Crippen MR) is 77.7 cm³/mol. The molecule has 0 saturated heterocycles. The number of rotatable bonds is 0. The Morgan fingerprint density at radius 3 is 1.83 bits per heavy atom. The molecule has 10 heteroatoms. The topological polar surface area (TPSA) is 85.2 Å². The average molecular weight is 301 g/mol. The Bertz CT molecular complexity index is 513. The van der Waals surface area contributed by atoms with Crippen LogP contribution in [0.15, 0.2) is 50.5 Å². The fraction of sp³-hybridized carbons (Fsp3) is 0.250. The van der Waals surface area contributed by atoms with Gasteiger partial charge in [0.15, 0.2) is 14.7 Å². The third-order valence-electron chi connectivity index (χ3n) is 2.96. The highest BCUT2D eigenvalue weighted by molar-refractivity contribution is 7.85. The van der Waals surface area contributed by atoms with E-state index < -0.39 is 22.2 Å². The number of allylic oxidation sites excluding steroid dienone is 2. The van der Waals surface area contributed by atoms with Gasteiger partial charge in [0.2, 0.25) is 0 Å². The van der Waals surface area contributed by atoms with E-state index in [1.165, 1.54) is 0 Å². The van der Waals surface area contributed by atoms with E-state index in [9.17, 15) is 0 Å². The van der Waals surface area contributed by atoms with Crippen molar-refractivity contribution in [3.8, 4) is 0 Å². The summed E-state index contributed by atoms with van der Waals surface area (Å²) in [6, 6.07) is 0. The molecule has 0 saturated carbocycles. The zero-order chi connectivity index (χ0) is 12.1. The Morgan fingerprint density at radius 1 is 0.667 bits per heavy atom. The van der Waals surface area contributed by atoms with Crippen molar-refractivity contribution in [3.63, 3.8) is 0 Å². The van der Waals surface area contributed by atoms with Crippen LogP contribution in [-0.4, -0.2) is 12.3 Å². The van der Waals surface area contributed by atoms with Gasteiger partial charge in [-0.2, -0.15) is 9.03 Å². The number of nitrogens with zero attached hydrogens (tertiary/aromatic N) is 3. The lowest BCUT2D eigenvalue weighted by atomic mass is 10.7. The van der Waals surface area contributed by atoms with Crippen molar-refractivity contribution in [1.29, 1.82) is 0 Å². The van der Waals surface area contributed by atoms with Crippen molar-refractivity contribution in [2.75, 3.05) is 12.3 Å². The van der Waals surface area contributed by atoms with Crippen molar-refractivity contribution in [2.24, 2.45) is 13.5 Å². The summed E-state index contributed by atoms with van der Waals surface area (Å²) in [5.74, 6) is 0. The third-order valence-corrected chi connectivity index (χ3v) is 13.4. The first-order valence-electron chi connectivity index (χ1n) is 5.70. The molecule has 0 bridgehead atoms. The Hall–Kier alpha value is -0.890. The van der Waals surface area contributed by atoms with Crippen LogP contribution in [0.5, 0.6) is 0 Å². The third kappa shape index (κ3) is 1.55. The molecule has 0 aromatic rings. The second-order valence-corrected chi connectivity index (χ2v) is 12.4. The van der Waals surface area contributed by atoms with E-state index in [1.807, 2.05) is 24.8 Å². The summed E-state index contributed by atoms with van der Waals surface area (Å²) < 4.78 is 14.9. The molecular formula is C8H14N7P3. The van der Waals surface area contributed by atoms with Crippen LogP contribution < -0.4 is 20.3 Å². The van der Waals surface area contributed by atoms with Crippen molar-refractivity contribution in [2.45, 2.75) is 0 Å². The van der Waals surface area contributed by atoms with Crippen molar-refractivity contribution < 1.29 is 0 Å². The monoisotopic (exact) mass is 301 g/mol. The smallest absolute Gasteiger partial charge is 0.264 e. The van der Waals surface area contributed by atoms with E-state index in [0.717, 1.165) is 12.3 Å². The fourth-order valence-corrected chi connectivity index (χ4v) is 14.2. The van der Waals surface area contributed by atoms with Gasteiger partial charge in [-0.25, -0.2) is 4.52 Å². The molecule has 0 radical (unpaired) electrons. The number of nitrogens with one attached hydrogen (secondary N) is 4. The maximum Gasteiger partial charge on any atom is 0.264 e. The van der Waals surface area contributed by atoms with Gasteiger partial charge in [0.05, 0.1) is 0 Å². The minimum atomic E-state index is -2.03. The molecule has 18 heavy (non-hydrogen) atoms. The summed E-state index contributed by atoms with van der Waals surface area (Å²) in [7, 11) is -5.72.